The lowest BCUT2D eigenvalue weighted by Gasteiger charge is -2.14. The van der Waals surface area contributed by atoms with Gasteiger partial charge in [0.15, 0.2) is 0 Å². The van der Waals surface area contributed by atoms with Crippen LogP contribution in [0, 0.1) is 0 Å². The number of aromatic nitrogens is 1. The van der Waals surface area contributed by atoms with E-state index in [1.807, 2.05) is 0 Å². The molecule has 7 heteroatoms. The fourth-order valence-electron chi connectivity index (χ4n) is 1.71. The van der Waals surface area contributed by atoms with Gasteiger partial charge >= 0.3 is 11.9 Å². The SMILES string of the molecule is CCOC(=O)C(F)(F)C(=O)c1nc2ccccc2cc1Br. The zero-order valence-corrected chi connectivity index (χ0v) is 12.5. The number of pyridine rings is 1. The second-order valence-electron chi connectivity index (χ2n) is 4.14. The van der Waals surface area contributed by atoms with Crippen LogP contribution in [-0.2, 0) is 9.53 Å². The van der Waals surface area contributed by atoms with Crippen LogP contribution in [0.25, 0.3) is 10.9 Å². The molecule has 0 bridgehead atoms. The van der Waals surface area contributed by atoms with Gasteiger partial charge in [-0.05, 0) is 35.0 Å². The number of hydrogen-bond acceptors (Lipinski definition) is 4. The summed E-state index contributed by atoms with van der Waals surface area (Å²) in [6.07, 6.45) is 0. The molecule has 2 aromatic rings. The van der Waals surface area contributed by atoms with E-state index in [1.165, 1.54) is 13.0 Å². The van der Waals surface area contributed by atoms with Gasteiger partial charge in [0, 0.05) is 9.86 Å². The molecular formula is C14H10BrF2NO3. The number of fused-ring (bicyclic) bond motifs is 1. The van der Waals surface area contributed by atoms with Crippen molar-refractivity contribution in [1.29, 1.82) is 0 Å². The number of Topliss-reactive ketones (excluding diaryl/α,β-unsaturated/α-hetero) is 1. The van der Waals surface area contributed by atoms with Crippen molar-refractivity contribution < 1.29 is 23.1 Å². The Hall–Kier alpha value is -1.89. The Labute approximate surface area is 127 Å². The average Bonchev–Trinajstić information content (AvgIpc) is 2.46. The molecule has 1 aromatic carbocycles. The molecule has 1 heterocycles. The number of benzene rings is 1. The second kappa shape index (κ2) is 5.85. The van der Waals surface area contributed by atoms with Gasteiger partial charge in [-0.2, -0.15) is 8.78 Å². The van der Waals surface area contributed by atoms with Crippen molar-refractivity contribution in [3.8, 4) is 0 Å². The molecule has 0 aliphatic carbocycles. The number of rotatable bonds is 4. The quantitative estimate of drug-likeness (QED) is 0.478. The molecule has 0 spiro atoms. The number of carbonyl (C=O) groups is 2. The van der Waals surface area contributed by atoms with Crippen molar-refractivity contribution in [2.24, 2.45) is 0 Å². The van der Waals surface area contributed by atoms with E-state index in [-0.39, 0.29) is 11.1 Å². The normalized spacial score (nSPS) is 11.4. The minimum atomic E-state index is -4.27. The highest BCUT2D eigenvalue weighted by molar-refractivity contribution is 9.10. The van der Waals surface area contributed by atoms with Gasteiger partial charge in [-0.25, -0.2) is 9.78 Å². The van der Waals surface area contributed by atoms with Crippen molar-refractivity contribution in [2.45, 2.75) is 12.8 Å². The Kier molecular flexibility index (Phi) is 4.32. The van der Waals surface area contributed by atoms with E-state index >= 15 is 0 Å². The first-order valence-corrected chi connectivity index (χ1v) is 6.82. The second-order valence-corrected chi connectivity index (χ2v) is 4.99. The van der Waals surface area contributed by atoms with E-state index in [1.54, 1.807) is 24.3 Å². The van der Waals surface area contributed by atoms with E-state index in [0.717, 1.165) is 0 Å². The van der Waals surface area contributed by atoms with Crippen LogP contribution < -0.4 is 0 Å². The Bertz CT molecular complexity index is 718. The van der Waals surface area contributed by atoms with Crippen molar-refractivity contribution >= 4 is 38.6 Å². The van der Waals surface area contributed by atoms with Crippen molar-refractivity contribution in [3.63, 3.8) is 0 Å². The van der Waals surface area contributed by atoms with Gasteiger partial charge in [-0.15, -0.1) is 0 Å². The third-order valence-corrected chi connectivity index (χ3v) is 3.31. The monoisotopic (exact) mass is 357 g/mol. The van der Waals surface area contributed by atoms with Crippen LogP contribution >= 0.6 is 15.9 Å². The van der Waals surface area contributed by atoms with Crippen LogP contribution in [0.3, 0.4) is 0 Å². The van der Waals surface area contributed by atoms with E-state index in [0.29, 0.717) is 10.9 Å². The topological polar surface area (TPSA) is 56.3 Å². The minimum absolute atomic E-state index is 0.0928. The van der Waals surface area contributed by atoms with E-state index in [4.69, 9.17) is 0 Å². The Morgan fingerprint density at radius 3 is 2.67 bits per heavy atom. The molecule has 0 amide bonds. The third kappa shape index (κ3) is 2.92. The minimum Gasteiger partial charge on any atom is -0.461 e. The van der Waals surface area contributed by atoms with Gasteiger partial charge < -0.3 is 4.74 Å². The first kappa shape index (κ1) is 15.5. The predicted molar refractivity (Wildman–Crippen MR) is 75.4 cm³/mol. The molecule has 0 saturated heterocycles. The molecule has 0 unspecified atom stereocenters. The lowest BCUT2D eigenvalue weighted by Crippen LogP contribution is -2.40. The average molecular weight is 358 g/mol. The molecule has 0 radical (unpaired) electrons. The Morgan fingerprint density at radius 1 is 1.33 bits per heavy atom. The van der Waals surface area contributed by atoms with E-state index in [2.05, 4.69) is 25.7 Å². The molecule has 1 aromatic heterocycles. The van der Waals surface area contributed by atoms with Gasteiger partial charge in [0.25, 0.3) is 5.78 Å². The molecule has 0 aliphatic heterocycles. The number of nitrogens with zero attached hydrogens (tertiary/aromatic N) is 1. The van der Waals surface area contributed by atoms with Crippen LogP contribution in [-0.4, -0.2) is 29.3 Å². The predicted octanol–water partition coefficient (Wildman–Crippen LogP) is 3.38. The molecule has 0 atom stereocenters. The summed E-state index contributed by atoms with van der Waals surface area (Å²) in [6.45, 7) is 1.14. The zero-order chi connectivity index (χ0) is 15.6. The smallest absolute Gasteiger partial charge is 0.405 e. The maximum atomic E-state index is 13.8. The largest absolute Gasteiger partial charge is 0.461 e. The highest BCUT2D eigenvalue weighted by Gasteiger charge is 2.50. The summed E-state index contributed by atoms with van der Waals surface area (Å²) in [5, 5.41) is 0.681. The summed E-state index contributed by atoms with van der Waals surface area (Å²) in [7, 11) is 0. The summed E-state index contributed by atoms with van der Waals surface area (Å²) >= 11 is 3.03. The molecule has 0 saturated carbocycles. The molecule has 0 N–H and O–H groups in total. The Morgan fingerprint density at radius 2 is 2.00 bits per heavy atom. The van der Waals surface area contributed by atoms with Gasteiger partial charge in [-0.3, -0.25) is 4.79 Å². The maximum Gasteiger partial charge on any atom is 0.405 e. The Balaban J connectivity index is 2.48. The summed E-state index contributed by atoms with van der Waals surface area (Å²) < 4.78 is 31.9. The van der Waals surface area contributed by atoms with Crippen LogP contribution in [0.15, 0.2) is 34.8 Å². The number of halogens is 3. The number of esters is 1. The van der Waals surface area contributed by atoms with Crippen molar-refractivity contribution in [1.82, 2.24) is 4.98 Å². The number of ketones is 1. The summed E-state index contributed by atoms with van der Waals surface area (Å²) in [5.41, 5.74) is -0.129. The maximum absolute atomic E-state index is 13.8. The fraction of sp³-hybridized carbons (Fsp3) is 0.214. The van der Waals surface area contributed by atoms with Crippen molar-refractivity contribution in [3.05, 3.63) is 40.5 Å². The highest BCUT2D eigenvalue weighted by atomic mass is 79.9. The lowest BCUT2D eigenvalue weighted by molar-refractivity contribution is -0.164. The lowest BCUT2D eigenvalue weighted by atomic mass is 10.1. The summed E-state index contributed by atoms with van der Waals surface area (Å²) in [4.78, 5) is 27.0. The molecule has 21 heavy (non-hydrogen) atoms. The van der Waals surface area contributed by atoms with Crippen LogP contribution in [0.1, 0.15) is 17.4 Å². The fourth-order valence-corrected chi connectivity index (χ4v) is 2.23. The third-order valence-electron chi connectivity index (χ3n) is 2.71. The van der Waals surface area contributed by atoms with Crippen LogP contribution in [0.2, 0.25) is 0 Å². The number of para-hydroxylation sites is 1. The number of carbonyl (C=O) groups excluding carboxylic acids is 2. The molecule has 0 aliphatic rings. The number of hydrogen-bond donors (Lipinski definition) is 0. The van der Waals surface area contributed by atoms with Crippen LogP contribution in [0.4, 0.5) is 8.78 Å². The number of alkyl halides is 2. The van der Waals surface area contributed by atoms with E-state index < -0.39 is 23.4 Å². The van der Waals surface area contributed by atoms with Gasteiger partial charge in [0.2, 0.25) is 0 Å². The summed E-state index contributed by atoms with van der Waals surface area (Å²) in [5.74, 6) is -7.84. The molecule has 2 rings (SSSR count). The van der Waals surface area contributed by atoms with Gasteiger partial charge in [0.1, 0.15) is 5.69 Å². The van der Waals surface area contributed by atoms with Crippen molar-refractivity contribution in [2.75, 3.05) is 6.61 Å². The van der Waals surface area contributed by atoms with Gasteiger partial charge in [-0.1, -0.05) is 18.2 Å². The first-order chi connectivity index (χ1) is 9.87. The molecule has 110 valence electrons. The highest BCUT2D eigenvalue weighted by Crippen LogP contribution is 2.28. The first-order valence-electron chi connectivity index (χ1n) is 6.03. The summed E-state index contributed by atoms with van der Waals surface area (Å²) in [6, 6.07) is 8.23. The van der Waals surface area contributed by atoms with E-state index in [9.17, 15) is 18.4 Å². The van der Waals surface area contributed by atoms with Gasteiger partial charge in [0.05, 0.1) is 12.1 Å². The molecule has 4 nitrogen and oxygen atoms in total. The standard InChI is InChI=1S/C14H10BrF2NO3/c1-2-21-13(20)14(16,17)12(19)11-9(15)7-8-5-3-4-6-10(8)18-11/h3-7H,2H2,1H3. The zero-order valence-electron chi connectivity index (χ0n) is 10.9. The number of ether oxygens (including phenoxy) is 1. The molecular weight excluding hydrogens is 348 g/mol. The molecule has 0 fully saturated rings. The van der Waals surface area contributed by atoms with Crippen LogP contribution in [0.5, 0.6) is 0 Å².